The molecule has 0 bridgehead atoms. The highest BCUT2D eigenvalue weighted by atomic mass is 16.5. The van der Waals surface area contributed by atoms with E-state index in [9.17, 15) is 9.59 Å². The van der Waals surface area contributed by atoms with Crippen LogP contribution in [0.4, 0.5) is 5.69 Å². The van der Waals surface area contributed by atoms with Gasteiger partial charge in [0.1, 0.15) is 11.3 Å². The third-order valence-electron chi connectivity index (χ3n) is 4.22. The number of nitrogen functional groups attached to an aromatic ring is 1. The summed E-state index contributed by atoms with van der Waals surface area (Å²) in [6.45, 7) is 4.81. The van der Waals surface area contributed by atoms with Crippen molar-refractivity contribution in [3.05, 3.63) is 52.6 Å². The molecule has 7 nitrogen and oxygen atoms in total. The van der Waals surface area contributed by atoms with Crippen molar-refractivity contribution in [1.29, 1.82) is 0 Å². The molecule has 0 saturated heterocycles. The number of rotatable bonds is 6. The van der Waals surface area contributed by atoms with Gasteiger partial charge in [0.15, 0.2) is 0 Å². The van der Waals surface area contributed by atoms with Gasteiger partial charge in [-0.2, -0.15) is 0 Å². The van der Waals surface area contributed by atoms with Crippen LogP contribution in [-0.4, -0.2) is 29.0 Å². The Morgan fingerprint density at radius 3 is 2.81 bits per heavy atom. The Balaban J connectivity index is 2.22. The van der Waals surface area contributed by atoms with E-state index >= 15 is 0 Å². The number of pyridine rings is 2. The number of carbonyl (C=O) groups is 1. The van der Waals surface area contributed by atoms with Crippen molar-refractivity contribution < 1.29 is 9.53 Å². The fourth-order valence-corrected chi connectivity index (χ4v) is 2.99. The van der Waals surface area contributed by atoms with E-state index in [2.05, 4.69) is 15.3 Å². The summed E-state index contributed by atoms with van der Waals surface area (Å²) in [5.74, 6) is 0.184. The first-order chi connectivity index (χ1) is 13.1. The lowest BCUT2D eigenvalue weighted by atomic mass is 10.0. The van der Waals surface area contributed by atoms with Crippen LogP contribution >= 0.6 is 0 Å². The quantitative estimate of drug-likeness (QED) is 0.621. The smallest absolute Gasteiger partial charge is 0.263 e. The van der Waals surface area contributed by atoms with E-state index in [-0.39, 0.29) is 11.3 Å². The molecule has 2 aromatic heterocycles. The molecule has 7 heteroatoms. The van der Waals surface area contributed by atoms with Crippen LogP contribution in [-0.2, 0) is 0 Å². The lowest BCUT2D eigenvalue weighted by Crippen LogP contribution is -2.31. The van der Waals surface area contributed by atoms with Gasteiger partial charge in [0.2, 0.25) is 0 Å². The van der Waals surface area contributed by atoms with Crippen LogP contribution in [0.3, 0.4) is 0 Å². The summed E-state index contributed by atoms with van der Waals surface area (Å²) in [5.41, 5.74) is 7.79. The van der Waals surface area contributed by atoms with Crippen molar-refractivity contribution in [3.8, 4) is 16.9 Å². The molecule has 0 saturated carbocycles. The molecule has 0 aliphatic heterocycles. The van der Waals surface area contributed by atoms with Crippen LogP contribution in [0.5, 0.6) is 5.75 Å². The van der Waals surface area contributed by atoms with Crippen LogP contribution in [0.25, 0.3) is 22.0 Å². The third-order valence-corrected chi connectivity index (χ3v) is 4.22. The van der Waals surface area contributed by atoms with Gasteiger partial charge >= 0.3 is 0 Å². The molecule has 3 rings (SSSR count). The Morgan fingerprint density at radius 2 is 2.07 bits per heavy atom. The maximum absolute atomic E-state index is 12.6. The van der Waals surface area contributed by atoms with Gasteiger partial charge in [0.25, 0.3) is 11.5 Å². The maximum Gasteiger partial charge on any atom is 0.263 e. The number of nitrogens with two attached hydrogens (primary N) is 1. The highest BCUT2D eigenvalue weighted by Crippen LogP contribution is 2.35. The number of carbonyl (C=O) groups excluding carboxylic acids is 1. The van der Waals surface area contributed by atoms with Gasteiger partial charge in [-0.3, -0.25) is 14.6 Å². The average Bonchev–Trinajstić information content (AvgIpc) is 2.67. The number of benzene rings is 1. The Morgan fingerprint density at radius 1 is 1.26 bits per heavy atom. The molecule has 0 atom stereocenters. The van der Waals surface area contributed by atoms with Gasteiger partial charge in [-0.15, -0.1) is 0 Å². The van der Waals surface area contributed by atoms with Crippen molar-refractivity contribution in [1.82, 2.24) is 15.3 Å². The Bertz CT molecular complexity index is 1040. The first-order valence-electron chi connectivity index (χ1n) is 8.88. The van der Waals surface area contributed by atoms with Crippen molar-refractivity contribution in [2.45, 2.75) is 20.3 Å². The van der Waals surface area contributed by atoms with Gasteiger partial charge in [-0.05, 0) is 19.4 Å². The van der Waals surface area contributed by atoms with Gasteiger partial charge in [-0.25, -0.2) is 0 Å². The molecule has 0 aliphatic rings. The zero-order valence-corrected chi connectivity index (χ0v) is 15.3. The van der Waals surface area contributed by atoms with Crippen LogP contribution in [0.1, 0.15) is 30.6 Å². The predicted molar refractivity (Wildman–Crippen MR) is 106 cm³/mol. The second-order valence-corrected chi connectivity index (χ2v) is 6.03. The van der Waals surface area contributed by atoms with Gasteiger partial charge in [0.05, 0.1) is 17.8 Å². The number of fused-ring (bicyclic) bond motifs is 1. The van der Waals surface area contributed by atoms with Crippen molar-refractivity contribution in [2.75, 3.05) is 18.9 Å². The number of para-hydroxylation sites is 1. The van der Waals surface area contributed by atoms with Gasteiger partial charge < -0.3 is 20.8 Å². The van der Waals surface area contributed by atoms with Crippen LogP contribution in [0, 0.1) is 0 Å². The van der Waals surface area contributed by atoms with E-state index in [4.69, 9.17) is 10.5 Å². The number of aromatic nitrogens is 2. The number of aromatic amines is 1. The lowest BCUT2D eigenvalue weighted by Gasteiger charge is -2.14. The van der Waals surface area contributed by atoms with E-state index in [0.29, 0.717) is 29.8 Å². The minimum Gasteiger partial charge on any atom is -0.493 e. The first-order valence-corrected chi connectivity index (χ1v) is 8.88. The standard InChI is InChI=1S/C20H22N4O3/c1-3-9-23-19(25)16-17(21)13-7-5-6-12(18(13)24-20(16)26)14-11-22-10-8-15(14)27-4-2/h5-8,10-11H,3-4,9H2,1-2H3,(H,23,25)(H3,21,24,26). The summed E-state index contributed by atoms with van der Waals surface area (Å²) in [6.07, 6.45) is 4.09. The summed E-state index contributed by atoms with van der Waals surface area (Å²) in [4.78, 5) is 31.9. The van der Waals surface area contributed by atoms with Crippen LogP contribution in [0.2, 0.25) is 0 Å². The predicted octanol–water partition coefficient (Wildman–Crippen LogP) is 2.71. The molecule has 4 N–H and O–H groups in total. The van der Waals surface area contributed by atoms with E-state index < -0.39 is 11.5 Å². The number of hydrogen-bond donors (Lipinski definition) is 3. The lowest BCUT2D eigenvalue weighted by molar-refractivity contribution is 0.0953. The van der Waals surface area contributed by atoms with Crippen LogP contribution < -0.4 is 21.3 Å². The summed E-state index contributed by atoms with van der Waals surface area (Å²) in [6, 6.07) is 7.22. The van der Waals surface area contributed by atoms with Gasteiger partial charge in [0, 0.05) is 35.5 Å². The topological polar surface area (TPSA) is 110 Å². The zero-order chi connectivity index (χ0) is 19.4. The number of anilines is 1. The minimum atomic E-state index is -0.525. The SMILES string of the molecule is CCCNC(=O)c1c(N)c2cccc(-c3cnccc3OCC)c2[nH]c1=O. The first kappa shape index (κ1) is 18.4. The molecule has 0 spiro atoms. The highest BCUT2D eigenvalue weighted by molar-refractivity contribution is 6.09. The summed E-state index contributed by atoms with van der Waals surface area (Å²) in [5, 5.41) is 3.30. The molecule has 140 valence electrons. The number of nitrogens with zero attached hydrogens (tertiary/aromatic N) is 1. The Labute approximate surface area is 156 Å². The summed E-state index contributed by atoms with van der Waals surface area (Å²) >= 11 is 0. The molecular weight excluding hydrogens is 344 g/mol. The molecule has 2 heterocycles. The maximum atomic E-state index is 12.6. The number of ether oxygens (including phenoxy) is 1. The normalized spacial score (nSPS) is 10.7. The molecule has 27 heavy (non-hydrogen) atoms. The second kappa shape index (κ2) is 7.90. The molecule has 1 aromatic carbocycles. The van der Waals surface area contributed by atoms with Crippen LogP contribution in [0.15, 0.2) is 41.5 Å². The van der Waals surface area contributed by atoms with E-state index in [1.165, 1.54) is 0 Å². The largest absolute Gasteiger partial charge is 0.493 e. The second-order valence-electron chi connectivity index (χ2n) is 6.03. The minimum absolute atomic E-state index is 0.0654. The molecule has 3 aromatic rings. The van der Waals surface area contributed by atoms with E-state index in [0.717, 1.165) is 17.5 Å². The van der Waals surface area contributed by atoms with Gasteiger partial charge in [-0.1, -0.05) is 25.1 Å². The number of amides is 1. The Hall–Kier alpha value is -3.35. The zero-order valence-electron chi connectivity index (χ0n) is 15.3. The molecular formula is C20H22N4O3. The third kappa shape index (κ3) is 3.48. The fourth-order valence-electron chi connectivity index (χ4n) is 2.99. The molecule has 0 unspecified atom stereocenters. The van der Waals surface area contributed by atoms with Crippen molar-refractivity contribution in [2.24, 2.45) is 0 Å². The Kier molecular flexibility index (Phi) is 5.40. The molecule has 0 aliphatic carbocycles. The number of hydrogen-bond acceptors (Lipinski definition) is 5. The van der Waals surface area contributed by atoms with E-state index in [1.54, 1.807) is 24.5 Å². The molecule has 1 amide bonds. The number of nitrogens with one attached hydrogen (secondary N) is 2. The summed E-state index contributed by atoms with van der Waals surface area (Å²) < 4.78 is 5.68. The fraction of sp³-hybridized carbons (Fsp3) is 0.250. The number of H-pyrrole nitrogens is 1. The average molecular weight is 366 g/mol. The molecule has 0 radical (unpaired) electrons. The van der Waals surface area contributed by atoms with Crippen molar-refractivity contribution in [3.63, 3.8) is 0 Å². The highest BCUT2D eigenvalue weighted by Gasteiger charge is 2.19. The monoisotopic (exact) mass is 366 g/mol. The van der Waals surface area contributed by atoms with E-state index in [1.807, 2.05) is 26.0 Å². The van der Waals surface area contributed by atoms with Crippen molar-refractivity contribution >= 4 is 22.5 Å². The summed E-state index contributed by atoms with van der Waals surface area (Å²) in [7, 11) is 0. The molecule has 0 fully saturated rings.